The average molecular weight is 452 g/mol. The number of amides is 1. The van der Waals surface area contributed by atoms with Gasteiger partial charge in [-0.25, -0.2) is 18.7 Å². The van der Waals surface area contributed by atoms with Crippen LogP contribution in [-0.4, -0.2) is 26.9 Å². The number of carbonyl (C=O) groups is 1. The van der Waals surface area contributed by atoms with Gasteiger partial charge in [0.05, 0.1) is 17.9 Å². The quantitative estimate of drug-likeness (QED) is 0.434. The Bertz CT molecular complexity index is 1320. The molecule has 3 aromatic heterocycles. The van der Waals surface area contributed by atoms with Crippen molar-refractivity contribution in [2.45, 2.75) is 27.4 Å². The number of halogens is 2. The Morgan fingerprint density at radius 3 is 2.55 bits per heavy atom. The number of nitrogens with zero attached hydrogens (tertiary/aromatic N) is 3. The number of rotatable bonds is 7. The van der Waals surface area contributed by atoms with E-state index in [9.17, 15) is 13.6 Å². The third kappa shape index (κ3) is 4.62. The fourth-order valence-corrected chi connectivity index (χ4v) is 3.48. The summed E-state index contributed by atoms with van der Waals surface area (Å²) in [6, 6.07) is 10.3. The van der Waals surface area contributed by atoms with Crippen LogP contribution in [0.1, 0.15) is 34.4 Å². The molecule has 7 nitrogen and oxygen atoms in total. The van der Waals surface area contributed by atoms with Gasteiger partial charge in [-0.3, -0.25) is 9.20 Å². The number of imidazole rings is 1. The fraction of sp³-hybridized carbons (Fsp3) is 0.208. The molecule has 0 spiro atoms. The lowest BCUT2D eigenvalue weighted by molar-refractivity contribution is 0.102. The molecule has 0 saturated heterocycles. The molecule has 0 radical (unpaired) electrons. The number of nitrogens with one attached hydrogen (secondary N) is 1. The van der Waals surface area contributed by atoms with Crippen LogP contribution in [0, 0.1) is 25.5 Å². The molecular weight excluding hydrogens is 430 g/mol. The molecular formula is C24H22F2N4O3. The van der Waals surface area contributed by atoms with Crippen molar-refractivity contribution in [1.29, 1.82) is 0 Å². The monoisotopic (exact) mass is 452 g/mol. The van der Waals surface area contributed by atoms with Gasteiger partial charge in [-0.15, -0.1) is 0 Å². The Labute approximate surface area is 189 Å². The molecule has 1 N–H and O–H groups in total. The molecule has 33 heavy (non-hydrogen) atoms. The van der Waals surface area contributed by atoms with Gasteiger partial charge in [-0.1, -0.05) is 6.07 Å². The number of aromatic nitrogens is 3. The maximum Gasteiger partial charge on any atom is 0.274 e. The SMILES string of the molecule is CCOc1cc(NC(=O)c2c(C)nc3c(OCc4c(F)cccc4F)cccn23)cc(C)n1. The number of ether oxygens (including phenoxy) is 2. The molecule has 4 aromatic rings. The Kier molecular flexibility index (Phi) is 6.21. The molecule has 0 aliphatic heterocycles. The van der Waals surface area contributed by atoms with Crippen LogP contribution in [0.25, 0.3) is 5.65 Å². The first-order chi connectivity index (χ1) is 15.9. The lowest BCUT2D eigenvalue weighted by Crippen LogP contribution is -2.16. The summed E-state index contributed by atoms with van der Waals surface area (Å²) in [7, 11) is 0. The van der Waals surface area contributed by atoms with Crippen LogP contribution in [0.15, 0.2) is 48.7 Å². The molecule has 0 atom stereocenters. The minimum absolute atomic E-state index is 0.182. The summed E-state index contributed by atoms with van der Waals surface area (Å²) >= 11 is 0. The van der Waals surface area contributed by atoms with Gasteiger partial charge in [0.15, 0.2) is 11.4 Å². The molecule has 0 aliphatic rings. The summed E-state index contributed by atoms with van der Waals surface area (Å²) < 4.78 is 40.6. The number of carbonyl (C=O) groups excluding carboxylic acids is 1. The van der Waals surface area contributed by atoms with E-state index in [4.69, 9.17) is 9.47 Å². The number of hydrogen-bond donors (Lipinski definition) is 1. The predicted octanol–water partition coefficient (Wildman–Crippen LogP) is 4.85. The highest BCUT2D eigenvalue weighted by molar-refractivity contribution is 6.04. The van der Waals surface area contributed by atoms with Gasteiger partial charge in [0.25, 0.3) is 5.91 Å². The summed E-state index contributed by atoms with van der Waals surface area (Å²) in [6.45, 7) is 5.49. The summed E-state index contributed by atoms with van der Waals surface area (Å²) in [6.07, 6.45) is 1.67. The van der Waals surface area contributed by atoms with E-state index in [-0.39, 0.29) is 18.1 Å². The lowest BCUT2D eigenvalue weighted by Gasteiger charge is -2.11. The van der Waals surface area contributed by atoms with Gasteiger partial charge in [-0.2, -0.15) is 0 Å². The van der Waals surface area contributed by atoms with Crippen LogP contribution in [0.2, 0.25) is 0 Å². The number of hydrogen-bond acceptors (Lipinski definition) is 5. The largest absolute Gasteiger partial charge is 0.485 e. The van der Waals surface area contributed by atoms with Crippen molar-refractivity contribution in [3.05, 3.63) is 82.9 Å². The van der Waals surface area contributed by atoms with Crippen molar-refractivity contribution in [2.24, 2.45) is 0 Å². The topological polar surface area (TPSA) is 77.8 Å². The first kappa shape index (κ1) is 22.2. The first-order valence-corrected chi connectivity index (χ1v) is 10.3. The number of fused-ring (bicyclic) bond motifs is 1. The smallest absolute Gasteiger partial charge is 0.274 e. The zero-order valence-corrected chi connectivity index (χ0v) is 18.4. The van der Waals surface area contributed by atoms with E-state index >= 15 is 0 Å². The standard InChI is InChI=1S/C24H22F2N4O3/c1-4-32-21-12-16(11-14(2)27-21)29-24(31)22-15(3)28-23-20(9-6-10-30(22)23)33-13-17-18(25)7-5-8-19(17)26/h5-12H,4,13H2,1-3H3,(H,27,29,31). The van der Waals surface area contributed by atoms with Crippen LogP contribution >= 0.6 is 0 Å². The molecule has 1 amide bonds. The van der Waals surface area contributed by atoms with E-state index < -0.39 is 11.6 Å². The molecule has 0 aliphatic carbocycles. The van der Waals surface area contributed by atoms with Crippen molar-refractivity contribution >= 4 is 17.2 Å². The van der Waals surface area contributed by atoms with E-state index in [1.165, 1.54) is 18.2 Å². The Morgan fingerprint density at radius 2 is 1.82 bits per heavy atom. The Morgan fingerprint density at radius 1 is 1.06 bits per heavy atom. The van der Waals surface area contributed by atoms with E-state index in [0.29, 0.717) is 46.7 Å². The van der Waals surface area contributed by atoms with E-state index in [1.807, 2.05) is 6.92 Å². The highest BCUT2D eigenvalue weighted by atomic mass is 19.1. The number of aryl methyl sites for hydroxylation is 2. The van der Waals surface area contributed by atoms with Gasteiger partial charge < -0.3 is 14.8 Å². The molecule has 170 valence electrons. The average Bonchev–Trinajstić information content (AvgIpc) is 3.10. The normalized spacial score (nSPS) is 10.9. The van der Waals surface area contributed by atoms with Crippen molar-refractivity contribution in [3.63, 3.8) is 0 Å². The van der Waals surface area contributed by atoms with Crippen LogP contribution in [-0.2, 0) is 6.61 Å². The van der Waals surface area contributed by atoms with Gasteiger partial charge in [0.1, 0.15) is 23.9 Å². The Balaban J connectivity index is 1.62. The van der Waals surface area contributed by atoms with E-state index in [2.05, 4.69) is 15.3 Å². The number of pyridine rings is 2. The van der Waals surface area contributed by atoms with Crippen LogP contribution in [0.3, 0.4) is 0 Å². The van der Waals surface area contributed by atoms with Crippen molar-refractivity contribution in [3.8, 4) is 11.6 Å². The van der Waals surface area contributed by atoms with E-state index in [1.54, 1.807) is 48.7 Å². The molecule has 0 fully saturated rings. The second-order valence-electron chi connectivity index (χ2n) is 7.32. The highest BCUT2D eigenvalue weighted by Crippen LogP contribution is 2.25. The summed E-state index contributed by atoms with van der Waals surface area (Å²) in [5.74, 6) is -1.06. The minimum Gasteiger partial charge on any atom is -0.485 e. The number of anilines is 1. The second kappa shape index (κ2) is 9.23. The van der Waals surface area contributed by atoms with Gasteiger partial charge in [-0.05, 0) is 51.1 Å². The maximum absolute atomic E-state index is 13.9. The maximum atomic E-state index is 13.9. The Hall–Kier alpha value is -4.01. The van der Waals surface area contributed by atoms with Crippen LogP contribution in [0.5, 0.6) is 11.6 Å². The van der Waals surface area contributed by atoms with E-state index in [0.717, 1.165) is 0 Å². The second-order valence-corrected chi connectivity index (χ2v) is 7.32. The molecule has 1 aromatic carbocycles. The lowest BCUT2D eigenvalue weighted by atomic mass is 10.2. The molecule has 4 rings (SSSR count). The molecule has 0 bridgehead atoms. The summed E-state index contributed by atoms with van der Waals surface area (Å²) in [5, 5.41) is 2.85. The first-order valence-electron chi connectivity index (χ1n) is 10.3. The summed E-state index contributed by atoms with van der Waals surface area (Å²) in [4.78, 5) is 21.8. The minimum atomic E-state index is -0.694. The van der Waals surface area contributed by atoms with Crippen molar-refractivity contribution in [1.82, 2.24) is 14.4 Å². The zero-order valence-electron chi connectivity index (χ0n) is 18.4. The molecule has 9 heteroatoms. The van der Waals surface area contributed by atoms with Crippen LogP contribution < -0.4 is 14.8 Å². The van der Waals surface area contributed by atoms with Crippen LogP contribution in [0.4, 0.5) is 14.5 Å². The third-order valence-corrected chi connectivity index (χ3v) is 4.92. The predicted molar refractivity (Wildman–Crippen MR) is 119 cm³/mol. The van der Waals surface area contributed by atoms with Crippen molar-refractivity contribution in [2.75, 3.05) is 11.9 Å². The van der Waals surface area contributed by atoms with Gasteiger partial charge in [0.2, 0.25) is 5.88 Å². The van der Waals surface area contributed by atoms with Gasteiger partial charge >= 0.3 is 0 Å². The highest BCUT2D eigenvalue weighted by Gasteiger charge is 2.20. The molecule has 0 unspecified atom stereocenters. The fourth-order valence-electron chi connectivity index (χ4n) is 3.48. The zero-order chi connectivity index (χ0) is 23.5. The van der Waals surface area contributed by atoms with Gasteiger partial charge in [0, 0.05) is 23.6 Å². The number of benzene rings is 1. The summed E-state index contributed by atoms with van der Waals surface area (Å²) in [5.41, 5.74) is 2.18. The molecule has 3 heterocycles. The van der Waals surface area contributed by atoms with Crippen molar-refractivity contribution < 1.29 is 23.0 Å². The molecule has 0 saturated carbocycles. The third-order valence-electron chi connectivity index (χ3n) is 4.92.